The van der Waals surface area contributed by atoms with Gasteiger partial charge in [0.1, 0.15) is 11.6 Å². The lowest BCUT2D eigenvalue weighted by atomic mass is 10.2. The maximum Gasteiger partial charge on any atom is 0.138 e. The standard InChI is InChI=1S/C20H23N5O/c1-15-20(16(2)26-22-15)14-24-13-19(11-21-24)25-10-9-23(17(25)3)12-18-7-5-4-6-8-18/h4-8,11,13H,3,9-10,12,14H2,1-2H3. The van der Waals surface area contributed by atoms with Crippen molar-refractivity contribution in [3.05, 3.63) is 77.7 Å². The Labute approximate surface area is 153 Å². The third-order valence-corrected chi connectivity index (χ3v) is 4.92. The maximum absolute atomic E-state index is 5.24. The zero-order valence-electron chi connectivity index (χ0n) is 15.2. The Balaban J connectivity index is 1.45. The summed E-state index contributed by atoms with van der Waals surface area (Å²) < 4.78 is 7.17. The summed E-state index contributed by atoms with van der Waals surface area (Å²) in [5.41, 5.74) is 4.37. The molecule has 6 nitrogen and oxygen atoms in total. The molecule has 0 N–H and O–H groups in total. The van der Waals surface area contributed by atoms with E-state index in [0.29, 0.717) is 6.54 Å². The Morgan fingerprint density at radius 2 is 1.92 bits per heavy atom. The second kappa shape index (κ2) is 6.71. The predicted octanol–water partition coefficient (Wildman–Crippen LogP) is 3.33. The molecule has 1 aromatic carbocycles. The molecule has 2 aromatic heterocycles. The van der Waals surface area contributed by atoms with Crippen LogP contribution in [0.25, 0.3) is 0 Å². The smallest absolute Gasteiger partial charge is 0.138 e. The molecule has 0 spiro atoms. The SMILES string of the molecule is C=C1N(Cc2ccccc2)CCN1c1cnn(Cc2c(C)noc2C)c1. The van der Waals surface area contributed by atoms with Crippen LogP contribution in [0.1, 0.15) is 22.6 Å². The van der Waals surface area contributed by atoms with Gasteiger partial charge in [-0.25, -0.2) is 0 Å². The zero-order chi connectivity index (χ0) is 18.1. The van der Waals surface area contributed by atoms with Gasteiger partial charge >= 0.3 is 0 Å². The Hall–Kier alpha value is -3.02. The van der Waals surface area contributed by atoms with Crippen molar-refractivity contribution in [1.82, 2.24) is 19.8 Å². The van der Waals surface area contributed by atoms with Crippen LogP contribution >= 0.6 is 0 Å². The van der Waals surface area contributed by atoms with Crippen molar-refractivity contribution in [3.8, 4) is 0 Å². The van der Waals surface area contributed by atoms with E-state index < -0.39 is 0 Å². The quantitative estimate of drug-likeness (QED) is 0.707. The van der Waals surface area contributed by atoms with Crippen molar-refractivity contribution >= 4 is 5.69 Å². The van der Waals surface area contributed by atoms with Crippen molar-refractivity contribution < 1.29 is 4.52 Å². The minimum Gasteiger partial charge on any atom is -0.361 e. The molecule has 0 atom stereocenters. The van der Waals surface area contributed by atoms with Crippen molar-refractivity contribution in [2.24, 2.45) is 0 Å². The van der Waals surface area contributed by atoms with Gasteiger partial charge in [-0.2, -0.15) is 5.10 Å². The molecule has 0 amide bonds. The van der Waals surface area contributed by atoms with Crippen LogP contribution in [0.4, 0.5) is 5.69 Å². The fraction of sp³-hybridized carbons (Fsp3) is 0.300. The highest BCUT2D eigenvalue weighted by Crippen LogP contribution is 2.26. The number of anilines is 1. The van der Waals surface area contributed by atoms with Crippen LogP contribution < -0.4 is 4.90 Å². The highest BCUT2D eigenvalue weighted by atomic mass is 16.5. The average Bonchev–Trinajstić information content (AvgIpc) is 3.33. The van der Waals surface area contributed by atoms with Gasteiger partial charge in [-0.15, -0.1) is 0 Å². The largest absolute Gasteiger partial charge is 0.361 e. The van der Waals surface area contributed by atoms with Gasteiger partial charge in [-0.05, 0) is 19.4 Å². The van der Waals surface area contributed by atoms with Crippen LogP contribution in [-0.2, 0) is 13.1 Å². The number of hydrogen-bond donors (Lipinski definition) is 0. The van der Waals surface area contributed by atoms with Crippen molar-refractivity contribution in [3.63, 3.8) is 0 Å². The second-order valence-electron chi connectivity index (χ2n) is 6.67. The summed E-state index contributed by atoms with van der Waals surface area (Å²) in [5.74, 6) is 1.87. The van der Waals surface area contributed by atoms with Gasteiger partial charge in [0.2, 0.25) is 0 Å². The lowest BCUT2D eigenvalue weighted by Gasteiger charge is -2.22. The molecule has 1 fully saturated rings. The molecule has 3 heterocycles. The third kappa shape index (κ3) is 3.10. The molecule has 0 bridgehead atoms. The molecule has 1 aliphatic rings. The van der Waals surface area contributed by atoms with E-state index in [2.05, 4.69) is 57.1 Å². The molecule has 0 aliphatic carbocycles. The molecule has 3 aromatic rings. The number of benzene rings is 1. The van der Waals surface area contributed by atoms with E-state index in [1.165, 1.54) is 5.56 Å². The van der Waals surface area contributed by atoms with E-state index in [-0.39, 0.29) is 0 Å². The number of nitrogens with zero attached hydrogens (tertiary/aromatic N) is 5. The monoisotopic (exact) mass is 349 g/mol. The number of rotatable bonds is 5. The summed E-state index contributed by atoms with van der Waals surface area (Å²) in [5, 5.41) is 8.52. The molecular formula is C20H23N5O. The van der Waals surface area contributed by atoms with Crippen molar-refractivity contribution in [1.29, 1.82) is 0 Å². The van der Waals surface area contributed by atoms with Gasteiger partial charge in [0.25, 0.3) is 0 Å². The summed E-state index contributed by atoms with van der Waals surface area (Å²) in [4.78, 5) is 4.53. The molecular weight excluding hydrogens is 326 g/mol. The van der Waals surface area contributed by atoms with E-state index in [0.717, 1.165) is 48.2 Å². The second-order valence-corrected chi connectivity index (χ2v) is 6.67. The highest BCUT2D eigenvalue weighted by molar-refractivity contribution is 5.50. The van der Waals surface area contributed by atoms with E-state index in [1.54, 1.807) is 0 Å². The molecule has 1 aliphatic heterocycles. The first kappa shape index (κ1) is 16.4. The first-order valence-corrected chi connectivity index (χ1v) is 8.81. The summed E-state index contributed by atoms with van der Waals surface area (Å²) in [7, 11) is 0. The molecule has 1 saturated heterocycles. The summed E-state index contributed by atoms with van der Waals surface area (Å²) >= 11 is 0. The molecule has 134 valence electrons. The lowest BCUT2D eigenvalue weighted by Crippen LogP contribution is -2.21. The number of hydrogen-bond acceptors (Lipinski definition) is 5. The molecule has 0 unspecified atom stereocenters. The summed E-state index contributed by atoms with van der Waals surface area (Å²) in [6.45, 7) is 11.6. The van der Waals surface area contributed by atoms with Gasteiger partial charge < -0.3 is 14.3 Å². The highest BCUT2D eigenvalue weighted by Gasteiger charge is 2.25. The van der Waals surface area contributed by atoms with E-state index in [1.807, 2.05) is 30.8 Å². The Morgan fingerprint density at radius 3 is 2.65 bits per heavy atom. The van der Waals surface area contributed by atoms with Crippen LogP contribution in [0, 0.1) is 13.8 Å². The minimum atomic E-state index is 0.662. The molecule has 0 saturated carbocycles. The van der Waals surface area contributed by atoms with Gasteiger partial charge in [0.05, 0.1) is 24.1 Å². The lowest BCUT2D eigenvalue weighted by molar-refractivity contribution is 0.391. The van der Waals surface area contributed by atoms with Crippen LogP contribution in [0.3, 0.4) is 0 Å². The van der Waals surface area contributed by atoms with Crippen LogP contribution in [0.5, 0.6) is 0 Å². The fourth-order valence-electron chi connectivity index (χ4n) is 3.37. The van der Waals surface area contributed by atoms with Crippen molar-refractivity contribution in [2.45, 2.75) is 26.9 Å². The number of aromatic nitrogens is 3. The first-order chi connectivity index (χ1) is 12.6. The van der Waals surface area contributed by atoms with Gasteiger partial charge in [0.15, 0.2) is 0 Å². The summed E-state index contributed by atoms with van der Waals surface area (Å²) in [6.07, 6.45) is 3.96. The molecule has 26 heavy (non-hydrogen) atoms. The van der Waals surface area contributed by atoms with E-state index >= 15 is 0 Å². The molecule has 4 rings (SSSR count). The normalized spacial score (nSPS) is 14.5. The van der Waals surface area contributed by atoms with Gasteiger partial charge in [-0.1, -0.05) is 42.1 Å². The minimum absolute atomic E-state index is 0.662. The predicted molar refractivity (Wildman–Crippen MR) is 101 cm³/mol. The van der Waals surface area contributed by atoms with Crippen LogP contribution in [-0.4, -0.2) is 32.9 Å². The van der Waals surface area contributed by atoms with Crippen molar-refractivity contribution in [2.75, 3.05) is 18.0 Å². The van der Waals surface area contributed by atoms with Crippen LogP contribution in [0.15, 0.2) is 59.6 Å². The Morgan fingerprint density at radius 1 is 1.12 bits per heavy atom. The maximum atomic E-state index is 5.24. The fourth-order valence-corrected chi connectivity index (χ4v) is 3.37. The Kier molecular flexibility index (Phi) is 4.24. The Bertz CT molecular complexity index is 892. The van der Waals surface area contributed by atoms with Crippen LogP contribution in [0.2, 0.25) is 0 Å². The average molecular weight is 349 g/mol. The number of aryl methyl sites for hydroxylation is 2. The first-order valence-electron chi connectivity index (χ1n) is 8.81. The van der Waals surface area contributed by atoms with E-state index in [9.17, 15) is 0 Å². The molecule has 6 heteroatoms. The van der Waals surface area contributed by atoms with E-state index in [4.69, 9.17) is 4.52 Å². The summed E-state index contributed by atoms with van der Waals surface area (Å²) in [6, 6.07) is 10.5. The molecule has 0 radical (unpaired) electrons. The zero-order valence-corrected chi connectivity index (χ0v) is 15.2. The van der Waals surface area contributed by atoms with Gasteiger partial charge in [0, 0.05) is 31.4 Å². The topological polar surface area (TPSA) is 50.3 Å². The van der Waals surface area contributed by atoms with Gasteiger partial charge in [-0.3, -0.25) is 4.68 Å². The third-order valence-electron chi connectivity index (χ3n) is 4.92.